The number of hydrogen-bond acceptors (Lipinski definition) is 3. The van der Waals surface area contributed by atoms with E-state index in [-0.39, 0.29) is 24.4 Å². The van der Waals surface area contributed by atoms with E-state index in [0.717, 1.165) is 50.0 Å². The molecular weight excluding hydrogens is 360 g/mol. The summed E-state index contributed by atoms with van der Waals surface area (Å²) in [6.07, 6.45) is 7.92. The molecule has 0 radical (unpaired) electrons. The zero-order valence-corrected chi connectivity index (χ0v) is 17.0. The Morgan fingerprint density at radius 2 is 1.28 bits per heavy atom. The Balaban J connectivity index is 1.50. The summed E-state index contributed by atoms with van der Waals surface area (Å²) >= 11 is 0. The van der Waals surface area contributed by atoms with Crippen molar-refractivity contribution in [3.8, 4) is 0 Å². The molecule has 0 spiro atoms. The highest BCUT2D eigenvalue weighted by Gasteiger charge is 2.36. The third-order valence-corrected chi connectivity index (χ3v) is 5.89. The molecule has 152 valence electrons. The van der Waals surface area contributed by atoms with Crippen LogP contribution < -0.4 is 0 Å². The lowest BCUT2D eigenvalue weighted by atomic mass is 9.95. The number of ether oxygens (including phenoxy) is 3. The van der Waals surface area contributed by atoms with Crippen LogP contribution >= 0.6 is 0 Å². The van der Waals surface area contributed by atoms with E-state index in [1.165, 1.54) is 11.1 Å². The quantitative estimate of drug-likeness (QED) is 0.566. The van der Waals surface area contributed by atoms with Gasteiger partial charge in [0.05, 0.1) is 24.4 Å². The van der Waals surface area contributed by atoms with E-state index >= 15 is 0 Å². The Kier molecular flexibility index (Phi) is 6.60. The molecule has 2 saturated heterocycles. The van der Waals surface area contributed by atoms with Gasteiger partial charge in [-0.1, -0.05) is 73.8 Å². The number of rotatable bonds is 10. The fourth-order valence-electron chi connectivity index (χ4n) is 4.01. The zero-order chi connectivity index (χ0) is 20.1. The molecule has 4 unspecified atom stereocenters. The van der Waals surface area contributed by atoms with Crippen LogP contribution in [0.1, 0.15) is 35.1 Å². The Hall–Kier alpha value is -2.20. The van der Waals surface area contributed by atoms with Crippen molar-refractivity contribution in [2.75, 3.05) is 13.2 Å². The predicted molar refractivity (Wildman–Crippen MR) is 118 cm³/mol. The van der Waals surface area contributed by atoms with Crippen LogP contribution in [0.25, 0.3) is 12.2 Å². The summed E-state index contributed by atoms with van der Waals surface area (Å²) in [6, 6.07) is 17.0. The summed E-state index contributed by atoms with van der Waals surface area (Å²) in [7, 11) is 0. The summed E-state index contributed by atoms with van der Waals surface area (Å²) < 4.78 is 18.4. The second-order valence-corrected chi connectivity index (χ2v) is 7.92. The zero-order valence-electron chi connectivity index (χ0n) is 17.0. The lowest BCUT2D eigenvalue weighted by Gasteiger charge is -2.40. The molecule has 0 N–H and O–H groups in total. The summed E-state index contributed by atoms with van der Waals surface area (Å²) in [5.41, 5.74) is 4.78. The molecule has 4 rings (SSSR count). The molecule has 0 aromatic heterocycles. The molecule has 2 aromatic rings. The standard InChI is InChI=1S/C26H30O3/c1-3-19-7-5-9-21(15-19)17-25(23-11-13-27-23)29-26(24-12-14-28-24)18-22-10-6-8-20(4-2)16-22/h3-10,15-16,23-26H,1-2,11-14,17-18H2. The van der Waals surface area contributed by atoms with Gasteiger partial charge >= 0.3 is 0 Å². The van der Waals surface area contributed by atoms with Gasteiger partial charge in [-0.2, -0.15) is 0 Å². The van der Waals surface area contributed by atoms with E-state index in [1.54, 1.807) is 0 Å². The third-order valence-electron chi connectivity index (χ3n) is 5.89. The highest BCUT2D eigenvalue weighted by atomic mass is 16.6. The van der Waals surface area contributed by atoms with Gasteiger partial charge in [0.2, 0.25) is 0 Å². The fraction of sp³-hybridized carbons (Fsp3) is 0.385. The maximum atomic E-state index is 6.71. The van der Waals surface area contributed by atoms with Gasteiger partial charge in [0.15, 0.2) is 0 Å². The second-order valence-electron chi connectivity index (χ2n) is 7.92. The first kappa shape index (κ1) is 20.1. The van der Waals surface area contributed by atoms with Crippen molar-refractivity contribution in [2.24, 2.45) is 0 Å². The van der Waals surface area contributed by atoms with Crippen molar-refractivity contribution in [1.82, 2.24) is 0 Å². The second kappa shape index (κ2) is 9.53. The summed E-state index contributed by atoms with van der Waals surface area (Å²) in [4.78, 5) is 0. The minimum Gasteiger partial charge on any atom is -0.375 e. The minimum atomic E-state index is 0.0283. The first-order valence-electron chi connectivity index (χ1n) is 10.6. The van der Waals surface area contributed by atoms with Gasteiger partial charge in [0.1, 0.15) is 0 Å². The molecule has 2 heterocycles. The lowest BCUT2D eigenvalue weighted by Crippen LogP contribution is -2.48. The van der Waals surface area contributed by atoms with Crippen LogP contribution in [0.5, 0.6) is 0 Å². The topological polar surface area (TPSA) is 27.7 Å². The van der Waals surface area contributed by atoms with Crippen molar-refractivity contribution < 1.29 is 14.2 Å². The minimum absolute atomic E-state index is 0.0283. The number of benzene rings is 2. The summed E-state index contributed by atoms with van der Waals surface area (Å²) in [5.74, 6) is 0. The molecule has 0 aliphatic carbocycles. The van der Waals surface area contributed by atoms with Gasteiger partial charge in [-0.25, -0.2) is 0 Å². The molecule has 2 aromatic carbocycles. The molecule has 29 heavy (non-hydrogen) atoms. The molecule has 2 aliphatic heterocycles. The number of hydrogen-bond donors (Lipinski definition) is 0. The van der Waals surface area contributed by atoms with E-state index in [9.17, 15) is 0 Å². The van der Waals surface area contributed by atoms with E-state index in [4.69, 9.17) is 14.2 Å². The van der Waals surface area contributed by atoms with Crippen LogP contribution in [-0.2, 0) is 27.1 Å². The molecule has 0 amide bonds. The molecule has 2 aliphatic rings. The average Bonchev–Trinajstić information content (AvgIpc) is 2.65. The Labute approximate surface area is 174 Å². The smallest absolute Gasteiger partial charge is 0.0882 e. The van der Waals surface area contributed by atoms with Gasteiger partial charge in [0.25, 0.3) is 0 Å². The van der Waals surface area contributed by atoms with Crippen LogP contribution in [0.15, 0.2) is 61.7 Å². The van der Waals surface area contributed by atoms with Crippen LogP contribution in [0.3, 0.4) is 0 Å². The van der Waals surface area contributed by atoms with Crippen LogP contribution in [0.4, 0.5) is 0 Å². The maximum absolute atomic E-state index is 6.71. The van der Waals surface area contributed by atoms with Crippen molar-refractivity contribution in [2.45, 2.75) is 50.1 Å². The van der Waals surface area contributed by atoms with Gasteiger partial charge in [-0.15, -0.1) is 0 Å². The Morgan fingerprint density at radius 3 is 1.62 bits per heavy atom. The van der Waals surface area contributed by atoms with Crippen molar-refractivity contribution >= 4 is 12.2 Å². The fourth-order valence-corrected chi connectivity index (χ4v) is 4.01. The molecule has 0 saturated carbocycles. The normalized spacial score (nSPS) is 22.8. The van der Waals surface area contributed by atoms with Gasteiger partial charge in [-0.05, 0) is 35.1 Å². The average molecular weight is 391 g/mol. The molecule has 4 atom stereocenters. The Bertz CT molecular complexity index is 766. The molecular formula is C26H30O3. The van der Waals surface area contributed by atoms with Crippen molar-refractivity contribution in [3.05, 3.63) is 83.9 Å². The predicted octanol–water partition coefficient (Wildman–Crippen LogP) is 5.09. The largest absolute Gasteiger partial charge is 0.375 e. The first-order chi connectivity index (χ1) is 14.2. The molecule has 3 heteroatoms. The van der Waals surface area contributed by atoms with E-state index < -0.39 is 0 Å². The summed E-state index contributed by atoms with van der Waals surface area (Å²) in [6.45, 7) is 9.42. The molecule has 2 fully saturated rings. The third kappa shape index (κ3) is 5.05. The molecule has 0 bridgehead atoms. The van der Waals surface area contributed by atoms with Crippen LogP contribution in [-0.4, -0.2) is 37.6 Å². The van der Waals surface area contributed by atoms with Gasteiger partial charge in [-0.3, -0.25) is 0 Å². The van der Waals surface area contributed by atoms with Crippen molar-refractivity contribution in [3.63, 3.8) is 0 Å². The summed E-state index contributed by atoms with van der Waals surface area (Å²) in [5, 5.41) is 0. The van der Waals surface area contributed by atoms with Gasteiger partial charge < -0.3 is 14.2 Å². The first-order valence-corrected chi connectivity index (χ1v) is 10.6. The van der Waals surface area contributed by atoms with E-state index in [1.807, 2.05) is 12.2 Å². The monoisotopic (exact) mass is 390 g/mol. The molecule has 3 nitrogen and oxygen atoms in total. The SMILES string of the molecule is C=Cc1cccc(CC(OC(Cc2cccc(C=C)c2)C2CCO2)C2CCO2)c1. The highest BCUT2D eigenvalue weighted by molar-refractivity contribution is 5.48. The lowest BCUT2D eigenvalue weighted by molar-refractivity contribution is -0.198. The van der Waals surface area contributed by atoms with Gasteiger partial charge in [0, 0.05) is 26.1 Å². The Morgan fingerprint density at radius 1 is 0.828 bits per heavy atom. The van der Waals surface area contributed by atoms with Crippen LogP contribution in [0, 0.1) is 0 Å². The van der Waals surface area contributed by atoms with Crippen molar-refractivity contribution in [1.29, 1.82) is 0 Å². The highest BCUT2D eigenvalue weighted by Crippen LogP contribution is 2.28. The van der Waals surface area contributed by atoms with E-state index in [2.05, 4.69) is 61.7 Å². The maximum Gasteiger partial charge on any atom is 0.0882 e. The van der Waals surface area contributed by atoms with Crippen LogP contribution in [0.2, 0.25) is 0 Å². The van der Waals surface area contributed by atoms with E-state index in [0.29, 0.717) is 0 Å².